The lowest BCUT2D eigenvalue weighted by Crippen LogP contribution is -2.49. The van der Waals surface area contributed by atoms with Gasteiger partial charge in [-0.05, 0) is 19.1 Å². The minimum absolute atomic E-state index is 0.0295. The molecule has 1 fully saturated rings. The van der Waals surface area contributed by atoms with Crippen molar-refractivity contribution in [3.05, 3.63) is 46.0 Å². The number of pyridine rings is 1. The van der Waals surface area contributed by atoms with Crippen molar-refractivity contribution in [2.24, 2.45) is 0 Å². The molecule has 0 bridgehead atoms. The fourth-order valence-electron chi connectivity index (χ4n) is 3.58. The molecule has 0 aliphatic carbocycles. The zero-order chi connectivity index (χ0) is 24.7. The number of rotatable bonds is 8. The predicted molar refractivity (Wildman–Crippen MR) is 116 cm³/mol. The van der Waals surface area contributed by atoms with Gasteiger partial charge >= 0.3 is 6.18 Å². The molecule has 2 N–H and O–H groups in total. The quantitative estimate of drug-likeness (QED) is 0.547. The lowest BCUT2D eigenvalue weighted by atomic mass is 10.2. The van der Waals surface area contributed by atoms with E-state index >= 15 is 0 Å². The third kappa shape index (κ3) is 6.22. The number of H-pyrrole nitrogens is 1. The van der Waals surface area contributed by atoms with E-state index in [9.17, 15) is 28.0 Å². The fourth-order valence-corrected chi connectivity index (χ4v) is 3.58. The molecule has 13 heteroatoms. The Bertz CT molecular complexity index is 1090. The van der Waals surface area contributed by atoms with Crippen LogP contribution in [0.5, 0.6) is 0 Å². The summed E-state index contributed by atoms with van der Waals surface area (Å²) < 4.78 is 44.8. The molecule has 182 valence electrons. The van der Waals surface area contributed by atoms with Crippen LogP contribution in [0.25, 0.3) is 0 Å². The average molecular weight is 479 g/mol. The summed E-state index contributed by atoms with van der Waals surface area (Å²) in [5.74, 6) is 0.506. The van der Waals surface area contributed by atoms with Crippen LogP contribution in [0.4, 0.5) is 24.7 Å². The third-order valence-electron chi connectivity index (χ3n) is 5.21. The van der Waals surface area contributed by atoms with Gasteiger partial charge in [0.05, 0.1) is 37.1 Å². The van der Waals surface area contributed by atoms with Crippen molar-refractivity contribution in [3.63, 3.8) is 0 Å². The van der Waals surface area contributed by atoms with Gasteiger partial charge in [-0.2, -0.15) is 23.5 Å². The first-order valence-corrected chi connectivity index (χ1v) is 10.6. The first-order chi connectivity index (χ1) is 16.2. The van der Waals surface area contributed by atoms with Gasteiger partial charge < -0.3 is 19.9 Å². The Morgan fingerprint density at radius 1 is 1.35 bits per heavy atom. The maximum Gasteiger partial charge on any atom is 0.423 e. The minimum atomic E-state index is -4.83. The number of carbonyl (C=O) groups is 1. The number of aromatic nitrogens is 3. The van der Waals surface area contributed by atoms with Gasteiger partial charge in [0.25, 0.3) is 5.56 Å². The van der Waals surface area contributed by atoms with Gasteiger partial charge in [-0.1, -0.05) is 0 Å². The highest BCUT2D eigenvalue weighted by Crippen LogP contribution is 2.31. The molecule has 1 amide bonds. The second-order valence-corrected chi connectivity index (χ2v) is 7.71. The number of amides is 1. The molecule has 0 aromatic carbocycles. The summed E-state index contributed by atoms with van der Waals surface area (Å²) in [5.41, 5.74) is -2.63. The monoisotopic (exact) mass is 479 g/mol. The molecule has 2 aromatic rings. The molecule has 3 rings (SSSR count). The number of anilines is 2. The number of piperazine rings is 1. The van der Waals surface area contributed by atoms with Crippen LogP contribution in [0, 0.1) is 11.3 Å². The molecule has 1 aliphatic rings. The lowest BCUT2D eigenvalue weighted by Gasteiger charge is -2.35. The molecule has 0 spiro atoms. The number of ether oxygens (including phenoxy) is 1. The van der Waals surface area contributed by atoms with E-state index in [4.69, 9.17) is 4.74 Å². The second kappa shape index (κ2) is 11.0. The molecule has 10 nitrogen and oxygen atoms in total. The summed E-state index contributed by atoms with van der Waals surface area (Å²) in [5, 5.41) is 17.0. The molecule has 0 saturated carbocycles. The highest BCUT2D eigenvalue weighted by Gasteiger charge is 2.37. The van der Waals surface area contributed by atoms with Crippen molar-refractivity contribution in [1.29, 1.82) is 5.26 Å². The maximum atomic E-state index is 13.1. The Hall–Kier alpha value is -3.66. The van der Waals surface area contributed by atoms with Crippen molar-refractivity contribution >= 4 is 17.4 Å². The Balaban J connectivity index is 1.41. The predicted octanol–water partition coefficient (Wildman–Crippen LogP) is 1.61. The Morgan fingerprint density at radius 2 is 2.09 bits per heavy atom. The van der Waals surface area contributed by atoms with Gasteiger partial charge in [-0.3, -0.25) is 9.59 Å². The fraction of sp³-hybridized carbons (Fsp3) is 0.476. The van der Waals surface area contributed by atoms with E-state index in [-0.39, 0.29) is 25.5 Å². The number of nitrogens with zero attached hydrogens (tertiary/aromatic N) is 5. The number of carbonyl (C=O) groups excluding carboxylic acids is 1. The topological polar surface area (TPSA) is 127 Å². The molecular formula is C21H24F3N7O3. The van der Waals surface area contributed by atoms with Crippen LogP contribution >= 0.6 is 0 Å². The number of alkyl halides is 3. The van der Waals surface area contributed by atoms with Crippen molar-refractivity contribution in [1.82, 2.24) is 20.1 Å². The second-order valence-electron chi connectivity index (χ2n) is 7.71. The van der Waals surface area contributed by atoms with Crippen molar-refractivity contribution in [3.8, 4) is 6.07 Å². The molecule has 0 radical (unpaired) electrons. The van der Waals surface area contributed by atoms with Crippen molar-refractivity contribution in [2.75, 3.05) is 49.6 Å². The summed E-state index contributed by atoms with van der Waals surface area (Å²) in [6.07, 6.45) is -2.19. The van der Waals surface area contributed by atoms with Gasteiger partial charge in [0.2, 0.25) is 5.91 Å². The Morgan fingerprint density at radius 3 is 2.76 bits per heavy atom. The number of nitrogens with one attached hydrogen (secondary N) is 2. The first kappa shape index (κ1) is 25.0. The van der Waals surface area contributed by atoms with Crippen LogP contribution in [0.3, 0.4) is 0 Å². The molecule has 1 atom stereocenters. The summed E-state index contributed by atoms with van der Waals surface area (Å²) in [4.78, 5) is 31.9. The molecular weight excluding hydrogens is 455 g/mol. The van der Waals surface area contributed by atoms with Crippen LogP contribution in [0.15, 0.2) is 29.3 Å². The summed E-state index contributed by atoms with van der Waals surface area (Å²) in [6.45, 7) is 3.78. The Labute approximate surface area is 193 Å². The van der Waals surface area contributed by atoms with E-state index in [1.54, 1.807) is 35.3 Å². The van der Waals surface area contributed by atoms with E-state index in [1.165, 1.54) is 0 Å². The van der Waals surface area contributed by atoms with Gasteiger partial charge in [-0.25, -0.2) is 10.1 Å². The molecule has 3 heterocycles. The van der Waals surface area contributed by atoms with Crippen LogP contribution in [0.2, 0.25) is 0 Å². The van der Waals surface area contributed by atoms with Gasteiger partial charge in [0.15, 0.2) is 0 Å². The van der Waals surface area contributed by atoms with Crippen molar-refractivity contribution in [2.45, 2.75) is 25.6 Å². The summed E-state index contributed by atoms with van der Waals surface area (Å²) in [7, 11) is 0. The molecule has 1 unspecified atom stereocenters. The van der Waals surface area contributed by atoms with Gasteiger partial charge in [-0.15, -0.1) is 0 Å². The van der Waals surface area contributed by atoms with Crippen LogP contribution < -0.4 is 15.8 Å². The van der Waals surface area contributed by atoms with E-state index in [0.717, 1.165) is 6.20 Å². The molecule has 2 aromatic heterocycles. The normalized spacial score (nSPS) is 15.0. The zero-order valence-corrected chi connectivity index (χ0v) is 18.4. The van der Waals surface area contributed by atoms with E-state index in [0.29, 0.717) is 37.6 Å². The van der Waals surface area contributed by atoms with Crippen molar-refractivity contribution < 1.29 is 22.7 Å². The maximum absolute atomic E-state index is 13.1. The Kier molecular flexibility index (Phi) is 8.06. The number of nitriles is 1. The highest BCUT2D eigenvalue weighted by atomic mass is 19.4. The lowest BCUT2D eigenvalue weighted by molar-refractivity contribution is -0.138. The SMILES string of the molecule is CC(COCCC(=O)N1CCN(c2ncccc2C#N)CC1)Nc1cn[nH]c(=O)c1C(F)(F)F. The van der Waals surface area contributed by atoms with E-state index < -0.39 is 29.0 Å². The number of halogens is 3. The van der Waals surface area contributed by atoms with Crippen LogP contribution in [0.1, 0.15) is 24.5 Å². The molecule has 1 saturated heterocycles. The number of hydrogen-bond donors (Lipinski definition) is 2. The summed E-state index contributed by atoms with van der Waals surface area (Å²) >= 11 is 0. The minimum Gasteiger partial charge on any atom is -0.379 e. The van der Waals surface area contributed by atoms with Gasteiger partial charge in [0, 0.05) is 38.4 Å². The third-order valence-corrected chi connectivity index (χ3v) is 5.21. The standard InChI is InChI=1S/C21H24F3N7O3/c1-14(28-16-12-27-29-20(33)18(16)21(22,23)24)13-34-10-4-17(32)30-6-8-31(9-7-30)19-15(11-25)3-2-5-26-19/h2-3,5,12,14H,4,6-10,13H2,1H3,(H2,28,29,33). The number of hydrogen-bond acceptors (Lipinski definition) is 8. The molecule has 34 heavy (non-hydrogen) atoms. The summed E-state index contributed by atoms with van der Waals surface area (Å²) in [6, 6.07) is 4.95. The highest BCUT2D eigenvalue weighted by molar-refractivity contribution is 5.76. The van der Waals surface area contributed by atoms with E-state index in [1.807, 2.05) is 4.90 Å². The largest absolute Gasteiger partial charge is 0.423 e. The van der Waals surface area contributed by atoms with Crippen LogP contribution in [-0.4, -0.2) is 71.4 Å². The van der Waals surface area contributed by atoms with Crippen LogP contribution in [-0.2, 0) is 15.7 Å². The van der Waals surface area contributed by atoms with Gasteiger partial charge in [0.1, 0.15) is 17.5 Å². The zero-order valence-electron chi connectivity index (χ0n) is 18.4. The number of aromatic amines is 1. The average Bonchev–Trinajstić information content (AvgIpc) is 2.81. The van der Waals surface area contributed by atoms with E-state index in [2.05, 4.69) is 21.5 Å². The molecule has 1 aliphatic heterocycles. The smallest absolute Gasteiger partial charge is 0.379 e. The first-order valence-electron chi connectivity index (χ1n) is 10.6.